The molecule has 0 radical (unpaired) electrons. The first-order chi connectivity index (χ1) is 16.8. The van der Waals surface area contributed by atoms with Gasteiger partial charge >= 0.3 is 0 Å². The van der Waals surface area contributed by atoms with E-state index in [1.807, 2.05) is 32.2 Å². The number of hydrogen-bond donors (Lipinski definition) is 3. The van der Waals surface area contributed by atoms with Crippen molar-refractivity contribution in [3.05, 3.63) is 59.3 Å². The minimum absolute atomic E-state index is 0.0268. The number of sulfone groups is 1. The van der Waals surface area contributed by atoms with Gasteiger partial charge in [-0.05, 0) is 79.8 Å². The van der Waals surface area contributed by atoms with E-state index in [2.05, 4.69) is 26.7 Å². The molecule has 3 N–H and O–H groups in total. The zero-order valence-corrected chi connectivity index (χ0v) is 21.1. The highest BCUT2D eigenvalue weighted by atomic mass is 32.2. The van der Waals surface area contributed by atoms with E-state index >= 15 is 0 Å². The SMILES string of the molecule is CCS(=O)(=O)c1cccc(-c2cc(C(=O)N[C@H]3CCCNC3)c(C)c3[nH]c4ncc(C)cc4c23)c1. The maximum absolute atomic E-state index is 13.4. The van der Waals surface area contributed by atoms with Crippen LogP contribution in [0, 0.1) is 13.8 Å². The molecule has 3 heterocycles. The Labute approximate surface area is 205 Å². The van der Waals surface area contributed by atoms with Gasteiger partial charge in [0, 0.05) is 35.1 Å². The summed E-state index contributed by atoms with van der Waals surface area (Å²) in [4.78, 5) is 21.7. The molecule has 1 fully saturated rings. The lowest BCUT2D eigenvalue weighted by Gasteiger charge is -2.24. The average molecular weight is 491 g/mol. The molecule has 1 atom stereocenters. The molecule has 2 aromatic heterocycles. The van der Waals surface area contributed by atoms with Gasteiger partial charge in [0.2, 0.25) is 0 Å². The Kier molecular flexibility index (Phi) is 6.11. The Morgan fingerprint density at radius 1 is 1.20 bits per heavy atom. The number of nitrogens with one attached hydrogen (secondary N) is 3. The van der Waals surface area contributed by atoms with Crippen LogP contribution in [-0.4, -0.2) is 49.2 Å². The Balaban J connectivity index is 1.74. The highest BCUT2D eigenvalue weighted by Gasteiger charge is 2.23. The summed E-state index contributed by atoms with van der Waals surface area (Å²) in [7, 11) is -3.38. The van der Waals surface area contributed by atoms with E-state index in [4.69, 9.17) is 0 Å². The minimum Gasteiger partial charge on any atom is -0.348 e. The predicted molar refractivity (Wildman–Crippen MR) is 140 cm³/mol. The van der Waals surface area contributed by atoms with Gasteiger partial charge in [-0.3, -0.25) is 4.79 Å². The molecule has 0 bridgehead atoms. The lowest BCUT2D eigenvalue weighted by Crippen LogP contribution is -2.45. The molecule has 1 saturated heterocycles. The van der Waals surface area contributed by atoms with Crippen LogP contribution in [0.3, 0.4) is 0 Å². The summed E-state index contributed by atoms with van der Waals surface area (Å²) in [6.45, 7) is 7.31. The summed E-state index contributed by atoms with van der Waals surface area (Å²) in [6.07, 6.45) is 3.78. The van der Waals surface area contributed by atoms with Crippen LogP contribution >= 0.6 is 0 Å². The number of fused-ring (bicyclic) bond motifs is 3. The molecular weight excluding hydrogens is 460 g/mol. The Morgan fingerprint density at radius 3 is 2.77 bits per heavy atom. The van der Waals surface area contributed by atoms with Crippen LogP contribution in [0.1, 0.15) is 41.3 Å². The predicted octanol–water partition coefficient (Wildman–Crippen LogP) is 4.28. The number of hydrogen-bond acceptors (Lipinski definition) is 5. The van der Waals surface area contributed by atoms with Crippen LogP contribution < -0.4 is 10.6 Å². The molecule has 1 aliphatic heterocycles. The van der Waals surface area contributed by atoms with Crippen molar-refractivity contribution in [2.75, 3.05) is 18.8 Å². The summed E-state index contributed by atoms with van der Waals surface area (Å²) in [5, 5.41) is 8.41. The fourth-order valence-corrected chi connectivity index (χ4v) is 5.85. The topological polar surface area (TPSA) is 104 Å². The van der Waals surface area contributed by atoms with Gasteiger partial charge in [-0.15, -0.1) is 0 Å². The van der Waals surface area contributed by atoms with Crippen molar-refractivity contribution in [3.63, 3.8) is 0 Å². The number of piperidine rings is 1. The van der Waals surface area contributed by atoms with E-state index in [1.165, 1.54) is 0 Å². The molecule has 4 aromatic rings. The fraction of sp³-hybridized carbons (Fsp3) is 0.333. The normalized spacial score (nSPS) is 16.6. The van der Waals surface area contributed by atoms with Crippen LogP contribution in [-0.2, 0) is 9.84 Å². The van der Waals surface area contributed by atoms with Crippen LogP contribution in [0.4, 0.5) is 0 Å². The Bertz CT molecular complexity index is 1550. The second-order valence-electron chi connectivity index (χ2n) is 9.33. The number of rotatable bonds is 5. The van der Waals surface area contributed by atoms with Gasteiger partial charge in [-0.25, -0.2) is 13.4 Å². The van der Waals surface area contributed by atoms with Gasteiger partial charge in [0.05, 0.1) is 16.2 Å². The third kappa shape index (κ3) is 4.32. The zero-order valence-electron chi connectivity index (χ0n) is 20.2. The smallest absolute Gasteiger partial charge is 0.251 e. The Morgan fingerprint density at radius 2 is 2.03 bits per heavy atom. The first kappa shape index (κ1) is 23.5. The monoisotopic (exact) mass is 490 g/mol. The van der Waals surface area contributed by atoms with E-state index in [0.717, 1.165) is 70.1 Å². The third-order valence-corrected chi connectivity index (χ3v) is 8.62. The van der Waals surface area contributed by atoms with Crippen molar-refractivity contribution in [1.29, 1.82) is 0 Å². The van der Waals surface area contributed by atoms with Crippen molar-refractivity contribution in [2.45, 2.75) is 44.6 Å². The molecule has 7 nitrogen and oxygen atoms in total. The van der Waals surface area contributed by atoms with Gasteiger partial charge in [0.15, 0.2) is 9.84 Å². The lowest BCUT2D eigenvalue weighted by molar-refractivity contribution is 0.0930. The second-order valence-corrected chi connectivity index (χ2v) is 11.6. The maximum atomic E-state index is 13.4. The standard InChI is InChI=1S/C27H30N4O3S/c1-4-35(33,34)20-9-5-7-18(12-20)22-13-21(27(32)30-19-8-6-10-28-15-19)17(3)25-24(22)23-11-16(2)14-29-26(23)31-25/h5,7,9,11-14,19,28H,4,6,8,10,15H2,1-3H3,(H,29,31)(H,30,32)/t19-/m0/s1. The number of aromatic amines is 1. The second kappa shape index (κ2) is 9.09. The third-order valence-electron chi connectivity index (χ3n) is 6.89. The molecule has 1 amide bonds. The molecule has 35 heavy (non-hydrogen) atoms. The number of pyridine rings is 1. The van der Waals surface area contributed by atoms with Crippen LogP contribution in [0.2, 0.25) is 0 Å². The Hall–Kier alpha value is -3.23. The number of carbonyl (C=O) groups is 1. The molecular formula is C27H30N4O3S. The van der Waals surface area contributed by atoms with Crippen LogP contribution in [0.5, 0.6) is 0 Å². The summed E-state index contributed by atoms with van der Waals surface area (Å²) in [5.41, 5.74) is 5.58. The van der Waals surface area contributed by atoms with E-state index in [0.29, 0.717) is 5.56 Å². The number of amides is 1. The summed E-state index contributed by atoms with van der Waals surface area (Å²) in [5.74, 6) is -0.0987. The lowest BCUT2D eigenvalue weighted by atomic mass is 9.93. The quantitative estimate of drug-likeness (QED) is 0.388. The van der Waals surface area contributed by atoms with Crippen LogP contribution in [0.25, 0.3) is 33.1 Å². The first-order valence-corrected chi connectivity index (χ1v) is 13.7. The largest absolute Gasteiger partial charge is 0.348 e. The first-order valence-electron chi connectivity index (χ1n) is 12.0. The number of aryl methyl sites for hydroxylation is 2. The molecule has 182 valence electrons. The van der Waals surface area contributed by atoms with Crippen molar-refractivity contribution < 1.29 is 13.2 Å². The van der Waals surface area contributed by atoms with Crippen molar-refractivity contribution in [3.8, 4) is 11.1 Å². The van der Waals surface area contributed by atoms with E-state index in [1.54, 1.807) is 25.1 Å². The van der Waals surface area contributed by atoms with Gasteiger partial charge in [-0.1, -0.05) is 19.1 Å². The van der Waals surface area contributed by atoms with Gasteiger partial charge in [0.25, 0.3) is 5.91 Å². The molecule has 5 rings (SSSR count). The maximum Gasteiger partial charge on any atom is 0.251 e. The van der Waals surface area contributed by atoms with Gasteiger partial charge in [0.1, 0.15) is 5.65 Å². The molecule has 0 saturated carbocycles. The number of carbonyl (C=O) groups excluding carboxylic acids is 1. The zero-order chi connectivity index (χ0) is 24.7. The summed E-state index contributed by atoms with van der Waals surface area (Å²) < 4.78 is 25.2. The number of benzene rings is 2. The van der Waals surface area contributed by atoms with Crippen LogP contribution in [0.15, 0.2) is 47.5 Å². The molecule has 2 aromatic carbocycles. The molecule has 1 aliphatic rings. The van der Waals surface area contributed by atoms with Crippen molar-refractivity contribution >= 4 is 37.7 Å². The highest BCUT2D eigenvalue weighted by Crippen LogP contribution is 2.38. The van der Waals surface area contributed by atoms with E-state index in [-0.39, 0.29) is 22.6 Å². The summed E-state index contributed by atoms with van der Waals surface area (Å²) in [6, 6.07) is 11.0. The molecule has 0 unspecified atom stereocenters. The van der Waals surface area contributed by atoms with Crippen molar-refractivity contribution in [2.24, 2.45) is 0 Å². The fourth-order valence-electron chi connectivity index (χ4n) is 4.92. The molecule has 0 spiro atoms. The minimum atomic E-state index is -3.38. The average Bonchev–Trinajstić information content (AvgIpc) is 3.24. The number of aromatic nitrogens is 2. The van der Waals surface area contributed by atoms with Gasteiger partial charge in [-0.2, -0.15) is 0 Å². The molecule has 8 heteroatoms. The number of nitrogens with zero attached hydrogens (tertiary/aromatic N) is 1. The van der Waals surface area contributed by atoms with Gasteiger partial charge < -0.3 is 15.6 Å². The highest BCUT2D eigenvalue weighted by molar-refractivity contribution is 7.91. The van der Waals surface area contributed by atoms with E-state index < -0.39 is 9.84 Å². The molecule has 0 aliphatic carbocycles. The number of H-pyrrole nitrogens is 1. The van der Waals surface area contributed by atoms with E-state index in [9.17, 15) is 13.2 Å². The van der Waals surface area contributed by atoms with Crippen molar-refractivity contribution in [1.82, 2.24) is 20.6 Å². The summed E-state index contributed by atoms with van der Waals surface area (Å²) >= 11 is 0.